The van der Waals surface area contributed by atoms with Gasteiger partial charge in [-0.3, -0.25) is 4.79 Å². The molecule has 30 heavy (non-hydrogen) atoms. The number of piperazine rings is 1. The van der Waals surface area contributed by atoms with Crippen molar-refractivity contribution in [1.29, 1.82) is 0 Å². The Morgan fingerprint density at radius 1 is 1.00 bits per heavy atom. The number of aromatic nitrogens is 3. The van der Waals surface area contributed by atoms with Gasteiger partial charge in [0.15, 0.2) is 0 Å². The maximum Gasteiger partial charge on any atom is 0.292 e. The lowest BCUT2D eigenvalue weighted by molar-refractivity contribution is 0.0704. The first-order valence-electron chi connectivity index (χ1n) is 10.3. The minimum atomic E-state index is -0.123. The number of nitrogens with zero attached hydrogens (tertiary/aromatic N) is 5. The topological polar surface area (TPSA) is 75.4 Å². The number of hydrogen-bond donors (Lipinski definition) is 0. The molecule has 1 aromatic carbocycles. The molecule has 3 heterocycles. The van der Waals surface area contributed by atoms with Crippen LogP contribution in [-0.2, 0) is 0 Å². The van der Waals surface area contributed by atoms with Crippen molar-refractivity contribution in [2.45, 2.75) is 33.6 Å². The SMILES string of the molecule is Cc1ccc(-c2cc(C(=O)N3CCN(c4cc(C)nc(C(C)C)n4)CC3)on2)cc1. The quantitative estimate of drug-likeness (QED) is 0.657. The highest BCUT2D eigenvalue weighted by Gasteiger charge is 2.26. The Hall–Kier alpha value is -3.22. The highest BCUT2D eigenvalue weighted by Crippen LogP contribution is 2.22. The zero-order chi connectivity index (χ0) is 21.3. The van der Waals surface area contributed by atoms with Crippen molar-refractivity contribution in [1.82, 2.24) is 20.0 Å². The zero-order valence-electron chi connectivity index (χ0n) is 17.9. The number of anilines is 1. The average Bonchev–Trinajstić information content (AvgIpc) is 3.23. The highest BCUT2D eigenvalue weighted by atomic mass is 16.5. The summed E-state index contributed by atoms with van der Waals surface area (Å²) in [5.41, 5.74) is 3.76. The van der Waals surface area contributed by atoms with E-state index in [2.05, 4.69) is 28.9 Å². The summed E-state index contributed by atoms with van der Waals surface area (Å²) in [4.78, 5) is 26.1. The van der Waals surface area contributed by atoms with Crippen LogP contribution >= 0.6 is 0 Å². The largest absolute Gasteiger partial charge is 0.353 e. The summed E-state index contributed by atoms with van der Waals surface area (Å²) in [6.45, 7) is 10.9. The first kappa shape index (κ1) is 20.1. The minimum absolute atomic E-state index is 0.123. The van der Waals surface area contributed by atoms with Gasteiger partial charge in [0, 0.05) is 55.5 Å². The van der Waals surface area contributed by atoms with Crippen LogP contribution in [0.1, 0.15) is 47.4 Å². The average molecular weight is 406 g/mol. The molecular weight excluding hydrogens is 378 g/mol. The van der Waals surface area contributed by atoms with E-state index in [0.717, 1.165) is 36.0 Å². The van der Waals surface area contributed by atoms with Crippen LogP contribution in [0.2, 0.25) is 0 Å². The number of rotatable bonds is 4. The smallest absolute Gasteiger partial charge is 0.292 e. The summed E-state index contributed by atoms with van der Waals surface area (Å²) in [6.07, 6.45) is 0. The Bertz CT molecular complexity index is 1030. The third-order valence-electron chi connectivity index (χ3n) is 5.33. The molecule has 4 rings (SSSR count). The number of carbonyl (C=O) groups is 1. The molecule has 0 saturated carbocycles. The van der Waals surface area contributed by atoms with E-state index < -0.39 is 0 Å². The summed E-state index contributed by atoms with van der Waals surface area (Å²) in [6, 6.07) is 11.7. The summed E-state index contributed by atoms with van der Waals surface area (Å²) in [7, 11) is 0. The zero-order valence-corrected chi connectivity index (χ0v) is 17.9. The lowest BCUT2D eigenvalue weighted by Gasteiger charge is -2.35. The molecule has 1 saturated heterocycles. The van der Waals surface area contributed by atoms with Gasteiger partial charge in [0.1, 0.15) is 17.3 Å². The van der Waals surface area contributed by atoms with Gasteiger partial charge in [-0.1, -0.05) is 48.8 Å². The lowest BCUT2D eigenvalue weighted by Crippen LogP contribution is -2.49. The van der Waals surface area contributed by atoms with Gasteiger partial charge in [-0.25, -0.2) is 9.97 Å². The van der Waals surface area contributed by atoms with Crippen LogP contribution in [-0.4, -0.2) is 52.1 Å². The second kappa shape index (κ2) is 8.26. The van der Waals surface area contributed by atoms with Crippen LogP contribution < -0.4 is 4.90 Å². The van der Waals surface area contributed by atoms with Crippen molar-refractivity contribution in [3.05, 3.63) is 59.2 Å². The van der Waals surface area contributed by atoms with E-state index in [1.54, 1.807) is 6.07 Å². The third-order valence-corrected chi connectivity index (χ3v) is 5.33. The second-order valence-electron chi connectivity index (χ2n) is 8.10. The summed E-state index contributed by atoms with van der Waals surface area (Å²) in [5.74, 6) is 2.22. The Morgan fingerprint density at radius 2 is 1.70 bits per heavy atom. The molecule has 0 aliphatic carbocycles. The normalized spacial score (nSPS) is 14.4. The lowest BCUT2D eigenvalue weighted by atomic mass is 10.1. The Labute approximate surface area is 176 Å². The van der Waals surface area contributed by atoms with E-state index in [1.807, 2.05) is 49.1 Å². The van der Waals surface area contributed by atoms with Gasteiger partial charge in [-0.05, 0) is 13.8 Å². The molecule has 1 aliphatic heterocycles. The van der Waals surface area contributed by atoms with Gasteiger partial charge < -0.3 is 14.3 Å². The molecule has 0 atom stereocenters. The number of benzene rings is 1. The first-order valence-corrected chi connectivity index (χ1v) is 10.3. The van der Waals surface area contributed by atoms with Crippen LogP contribution in [0, 0.1) is 13.8 Å². The van der Waals surface area contributed by atoms with Crippen LogP contribution in [0.4, 0.5) is 5.82 Å². The van der Waals surface area contributed by atoms with E-state index in [9.17, 15) is 4.79 Å². The van der Waals surface area contributed by atoms with Crippen molar-refractivity contribution < 1.29 is 9.32 Å². The maximum atomic E-state index is 12.9. The number of carbonyl (C=O) groups excluding carboxylic acids is 1. The second-order valence-corrected chi connectivity index (χ2v) is 8.10. The monoisotopic (exact) mass is 405 g/mol. The fraction of sp³-hybridized carbons (Fsp3) is 0.391. The van der Waals surface area contributed by atoms with Crippen LogP contribution in [0.25, 0.3) is 11.3 Å². The fourth-order valence-electron chi connectivity index (χ4n) is 3.53. The van der Waals surface area contributed by atoms with Gasteiger partial charge in [0.2, 0.25) is 5.76 Å². The molecule has 2 aromatic heterocycles. The van der Waals surface area contributed by atoms with E-state index in [-0.39, 0.29) is 17.6 Å². The van der Waals surface area contributed by atoms with Crippen LogP contribution in [0.5, 0.6) is 0 Å². The Balaban J connectivity index is 1.42. The summed E-state index contributed by atoms with van der Waals surface area (Å²) in [5, 5.41) is 4.08. The van der Waals surface area contributed by atoms with Gasteiger partial charge in [0.05, 0.1) is 0 Å². The van der Waals surface area contributed by atoms with Gasteiger partial charge in [-0.2, -0.15) is 0 Å². The van der Waals surface area contributed by atoms with Crippen LogP contribution in [0.15, 0.2) is 40.9 Å². The molecule has 0 unspecified atom stereocenters. The predicted octanol–water partition coefficient (Wildman–Crippen LogP) is 3.83. The number of aryl methyl sites for hydroxylation is 2. The molecule has 156 valence electrons. The van der Waals surface area contributed by atoms with Gasteiger partial charge in [0.25, 0.3) is 5.91 Å². The van der Waals surface area contributed by atoms with Crippen molar-refractivity contribution >= 4 is 11.7 Å². The third kappa shape index (κ3) is 4.20. The number of hydrogen-bond acceptors (Lipinski definition) is 6. The molecule has 0 spiro atoms. The van der Waals surface area contributed by atoms with Gasteiger partial charge >= 0.3 is 0 Å². The first-order chi connectivity index (χ1) is 14.4. The van der Waals surface area contributed by atoms with E-state index >= 15 is 0 Å². The van der Waals surface area contributed by atoms with E-state index in [0.29, 0.717) is 18.8 Å². The molecule has 7 heteroatoms. The molecule has 1 fully saturated rings. The summed E-state index contributed by atoms with van der Waals surface area (Å²) < 4.78 is 5.36. The highest BCUT2D eigenvalue weighted by molar-refractivity contribution is 5.92. The molecule has 7 nitrogen and oxygen atoms in total. The molecule has 1 amide bonds. The predicted molar refractivity (Wildman–Crippen MR) is 116 cm³/mol. The van der Waals surface area contributed by atoms with Crippen LogP contribution in [0.3, 0.4) is 0 Å². The van der Waals surface area contributed by atoms with Crippen molar-refractivity contribution in [2.24, 2.45) is 0 Å². The van der Waals surface area contributed by atoms with Crippen molar-refractivity contribution in [2.75, 3.05) is 31.1 Å². The minimum Gasteiger partial charge on any atom is -0.353 e. The molecule has 1 aliphatic rings. The maximum absolute atomic E-state index is 12.9. The fourth-order valence-corrected chi connectivity index (χ4v) is 3.53. The molecule has 0 bridgehead atoms. The molecule has 0 radical (unpaired) electrons. The molecular formula is C23H27N5O2. The summed E-state index contributed by atoms with van der Waals surface area (Å²) >= 11 is 0. The van der Waals surface area contributed by atoms with E-state index in [1.165, 1.54) is 5.56 Å². The standard InChI is InChI=1S/C23H27N5O2/c1-15(2)22-24-17(4)13-21(25-22)27-9-11-28(12-10-27)23(29)20-14-19(26-30-20)18-7-5-16(3)6-8-18/h5-8,13-15H,9-12H2,1-4H3. The van der Waals surface area contributed by atoms with Gasteiger partial charge in [-0.15, -0.1) is 0 Å². The Kier molecular flexibility index (Phi) is 5.53. The van der Waals surface area contributed by atoms with Crippen molar-refractivity contribution in [3.63, 3.8) is 0 Å². The molecule has 3 aromatic rings. The number of amides is 1. The van der Waals surface area contributed by atoms with Crippen molar-refractivity contribution in [3.8, 4) is 11.3 Å². The molecule has 0 N–H and O–H groups in total. The Morgan fingerprint density at radius 3 is 2.37 bits per heavy atom. The van der Waals surface area contributed by atoms with E-state index in [4.69, 9.17) is 9.51 Å².